The molecule has 1 fully saturated rings. The van der Waals surface area contributed by atoms with Crippen molar-refractivity contribution in [2.24, 2.45) is 0 Å². The van der Waals surface area contributed by atoms with Gasteiger partial charge in [-0.2, -0.15) is 11.8 Å². The van der Waals surface area contributed by atoms with E-state index < -0.39 is 0 Å². The van der Waals surface area contributed by atoms with Crippen molar-refractivity contribution in [3.8, 4) is 0 Å². The van der Waals surface area contributed by atoms with Crippen LogP contribution in [0.25, 0.3) is 0 Å². The molecule has 1 nitrogen and oxygen atoms in total. The summed E-state index contributed by atoms with van der Waals surface area (Å²) in [6, 6.07) is 6.19. The van der Waals surface area contributed by atoms with Crippen molar-refractivity contribution in [3.63, 3.8) is 0 Å². The molecule has 1 saturated carbocycles. The molecule has 1 aliphatic carbocycles. The van der Waals surface area contributed by atoms with Crippen LogP contribution in [0.2, 0.25) is 0 Å². The molecule has 0 spiro atoms. The maximum Gasteiger partial charge on any atom is 0.0328 e. The highest BCUT2D eigenvalue weighted by atomic mass is 79.9. The first-order valence-electron chi connectivity index (χ1n) is 5.40. The largest absolute Gasteiger partial charge is 0.399 e. The number of nitrogen functional groups attached to an aromatic ring is 1. The molecule has 0 heterocycles. The molecule has 0 aromatic heterocycles. The van der Waals surface area contributed by atoms with Gasteiger partial charge in [0.2, 0.25) is 0 Å². The highest BCUT2D eigenvalue weighted by molar-refractivity contribution is 9.10. The van der Waals surface area contributed by atoms with Gasteiger partial charge < -0.3 is 5.73 Å². The highest BCUT2D eigenvalue weighted by Gasteiger charge is 2.15. The van der Waals surface area contributed by atoms with Gasteiger partial charge in [-0.15, -0.1) is 0 Å². The standard InChI is InChI=1S/C12H16BrNS/c13-10-5-9(6-11(14)7-10)8-15-12-3-1-2-4-12/h5-7,12H,1-4,8,14H2. The maximum absolute atomic E-state index is 5.80. The van der Waals surface area contributed by atoms with Crippen LogP contribution in [-0.2, 0) is 5.75 Å². The van der Waals surface area contributed by atoms with Crippen LogP contribution in [0.5, 0.6) is 0 Å². The predicted molar refractivity (Wildman–Crippen MR) is 72.1 cm³/mol. The van der Waals surface area contributed by atoms with E-state index in [1.165, 1.54) is 31.2 Å². The van der Waals surface area contributed by atoms with Crippen LogP contribution >= 0.6 is 27.7 Å². The Morgan fingerprint density at radius 1 is 1.27 bits per heavy atom. The van der Waals surface area contributed by atoms with Crippen LogP contribution < -0.4 is 5.73 Å². The molecule has 1 aromatic rings. The maximum atomic E-state index is 5.80. The summed E-state index contributed by atoms with van der Waals surface area (Å²) in [5.41, 5.74) is 7.99. The van der Waals surface area contributed by atoms with Gasteiger partial charge in [0.05, 0.1) is 0 Å². The number of halogens is 1. The van der Waals surface area contributed by atoms with Crippen LogP contribution in [0.1, 0.15) is 31.2 Å². The molecule has 1 aliphatic rings. The third kappa shape index (κ3) is 3.42. The Morgan fingerprint density at radius 3 is 2.67 bits per heavy atom. The van der Waals surface area contributed by atoms with Crippen molar-refractivity contribution in [2.45, 2.75) is 36.7 Å². The van der Waals surface area contributed by atoms with Crippen LogP contribution in [0.4, 0.5) is 5.69 Å². The molecule has 2 N–H and O–H groups in total. The Labute approximate surface area is 104 Å². The molecule has 0 radical (unpaired) electrons. The van der Waals surface area contributed by atoms with E-state index in [0.29, 0.717) is 0 Å². The molecule has 15 heavy (non-hydrogen) atoms. The first-order valence-corrected chi connectivity index (χ1v) is 7.25. The predicted octanol–water partition coefficient (Wildman–Crippen LogP) is 4.21. The number of anilines is 1. The number of hydrogen-bond donors (Lipinski definition) is 1. The number of hydrogen-bond acceptors (Lipinski definition) is 2. The first kappa shape index (κ1) is 11.3. The smallest absolute Gasteiger partial charge is 0.0328 e. The van der Waals surface area contributed by atoms with E-state index in [4.69, 9.17) is 5.73 Å². The number of benzene rings is 1. The zero-order chi connectivity index (χ0) is 10.7. The molecular weight excluding hydrogens is 270 g/mol. The van der Waals surface area contributed by atoms with Crippen molar-refractivity contribution >= 4 is 33.4 Å². The summed E-state index contributed by atoms with van der Waals surface area (Å²) in [7, 11) is 0. The Bertz CT molecular complexity index is 314. The van der Waals surface area contributed by atoms with Crippen molar-refractivity contribution in [3.05, 3.63) is 28.2 Å². The molecule has 2 rings (SSSR count). The SMILES string of the molecule is Nc1cc(Br)cc(CSC2CCCC2)c1. The zero-order valence-corrected chi connectivity index (χ0v) is 11.1. The molecule has 0 bridgehead atoms. The van der Waals surface area contributed by atoms with E-state index in [1.54, 1.807) is 0 Å². The minimum atomic E-state index is 0.853. The average Bonchev–Trinajstić information content (AvgIpc) is 2.65. The van der Waals surface area contributed by atoms with E-state index in [0.717, 1.165) is 21.2 Å². The van der Waals surface area contributed by atoms with Gasteiger partial charge in [0.1, 0.15) is 0 Å². The van der Waals surface area contributed by atoms with E-state index in [9.17, 15) is 0 Å². The monoisotopic (exact) mass is 285 g/mol. The van der Waals surface area contributed by atoms with Crippen LogP contribution in [-0.4, -0.2) is 5.25 Å². The fraction of sp³-hybridized carbons (Fsp3) is 0.500. The second-order valence-corrected chi connectivity index (χ2v) is 6.31. The van der Waals surface area contributed by atoms with Gasteiger partial charge in [0.15, 0.2) is 0 Å². The van der Waals surface area contributed by atoms with E-state index in [-0.39, 0.29) is 0 Å². The summed E-state index contributed by atoms with van der Waals surface area (Å²) in [5.74, 6) is 1.09. The van der Waals surface area contributed by atoms with Crippen LogP contribution in [0.3, 0.4) is 0 Å². The van der Waals surface area contributed by atoms with E-state index >= 15 is 0 Å². The first-order chi connectivity index (χ1) is 7.24. The summed E-state index contributed by atoms with van der Waals surface area (Å²) in [5, 5.41) is 0.880. The summed E-state index contributed by atoms with van der Waals surface area (Å²) < 4.78 is 1.09. The van der Waals surface area contributed by atoms with Crippen molar-refractivity contribution < 1.29 is 0 Å². The summed E-state index contributed by atoms with van der Waals surface area (Å²) in [4.78, 5) is 0. The summed E-state index contributed by atoms with van der Waals surface area (Å²) in [6.45, 7) is 0. The molecule has 0 amide bonds. The molecule has 0 saturated heterocycles. The fourth-order valence-electron chi connectivity index (χ4n) is 2.03. The van der Waals surface area contributed by atoms with Gasteiger partial charge in [-0.3, -0.25) is 0 Å². The fourth-order valence-corrected chi connectivity index (χ4v) is 3.85. The lowest BCUT2D eigenvalue weighted by Crippen LogP contribution is -1.95. The third-order valence-corrected chi connectivity index (χ3v) is 4.67. The molecule has 0 unspecified atom stereocenters. The van der Waals surface area contributed by atoms with Crippen molar-refractivity contribution in [1.82, 2.24) is 0 Å². The second-order valence-electron chi connectivity index (χ2n) is 4.11. The quantitative estimate of drug-likeness (QED) is 0.842. The lowest BCUT2D eigenvalue weighted by atomic mass is 10.2. The molecule has 0 atom stereocenters. The normalized spacial score (nSPS) is 17.1. The molecular formula is C12H16BrNS. The number of rotatable bonds is 3. The number of thioether (sulfide) groups is 1. The van der Waals surface area contributed by atoms with Gasteiger partial charge in [-0.1, -0.05) is 28.8 Å². The lowest BCUT2D eigenvalue weighted by molar-refractivity contribution is 0.886. The highest BCUT2D eigenvalue weighted by Crippen LogP contribution is 2.32. The molecule has 82 valence electrons. The lowest BCUT2D eigenvalue weighted by Gasteiger charge is -2.09. The van der Waals surface area contributed by atoms with Crippen molar-refractivity contribution in [2.75, 3.05) is 5.73 Å². The topological polar surface area (TPSA) is 26.0 Å². The average molecular weight is 286 g/mol. The Hall–Kier alpha value is -0.150. The van der Waals surface area contributed by atoms with Gasteiger partial charge in [-0.05, 0) is 36.6 Å². The van der Waals surface area contributed by atoms with Gasteiger partial charge >= 0.3 is 0 Å². The van der Waals surface area contributed by atoms with Gasteiger partial charge in [0.25, 0.3) is 0 Å². The van der Waals surface area contributed by atoms with E-state index in [2.05, 4.69) is 39.8 Å². The third-order valence-electron chi connectivity index (χ3n) is 2.77. The second kappa shape index (κ2) is 5.26. The van der Waals surface area contributed by atoms with Crippen LogP contribution in [0, 0.1) is 0 Å². The molecule has 3 heteroatoms. The van der Waals surface area contributed by atoms with Gasteiger partial charge in [-0.25, -0.2) is 0 Å². The number of nitrogens with two attached hydrogens (primary N) is 1. The van der Waals surface area contributed by atoms with Crippen molar-refractivity contribution in [1.29, 1.82) is 0 Å². The molecule has 0 aliphatic heterocycles. The van der Waals surface area contributed by atoms with E-state index in [1.807, 2.05) is 6.07 Å². The zero-order valence-electron chi connectivity index (χ0n) is 8.71. The van der Waals surface area contributed by atoms with Crippen LogP contribution in [0.15, 0.2) is 22.7 Å². The minimum absolute atomic E-state index is 0.853. The summed E-state index contributed by atoms with van der Waals surface area (Å²) >= 11 is 5.56. The Balaban J connectivity index is 1.92. The van der Waals surface area contributed by atoms with Gasteiger partial charge in [0, 0.05) is 21.2 Å². The Kier molecular flexibility index (Phi) is 3.98. The summed E-state index contributed by atoms with van der Waals surface area (Å²) in [6.07, 6.45) is 5.62. The molecule has 1 aromatic carbocycles. The Morgan fingerprint density at radius 2 is 2.00 bits per heavy atom. The minimum Gasteiger partial charge on any atom is -0.399 e.